The van der Waals surface area contributed by atoms with Gasteiger partial charge in [0.05, 0.1) is 17.9 Å². The number of rotatable bonds is 3. The van der Waals surface area contributed by atoms with Gasteiger partial charge in [-0.15, -0.1) is 0 Å². The third-order valence-electron chi connectivity index (χ3n) is 4.96. The molecule has 0 aliphatic carbocycles. The van der Waals surface area contributed by atoms with Gasteiger partial charge in [0.25, 0.3) is 5.91 Å². The number of hydrogen-bond acceptors (Lipinski definition) is 4. The molecule has 6 nitrogen and oxygen atoms in total. The summed E-state index contributed by atoms with van der Waals surface area (Å²) in [7, 11) is 0. The van der Waals surface area contributed by atoms with Gasteiger partial charge < -0.3 is 15.7 Å². The van der Waals surface area contributed by atoms with Gasteiger partial charge in [0, 0.05) is 15.9 Å². The number of hydrogen-bond donors (Lipinski definition) is 3. The van der Waals surface area contributed by atoms with Gasteiger partial charge in [0.15, 0.2) is 6.04 Å². The maximum absolute atomic E-state index is 13.8. The first-order valence-corrected chi connectivity index (χ1v) is 10.3. The van der Waals surface area contributed by atoms with E-state index >= 15 is 0 Å². The van der Waals surface area contributed by atoms with Crippen LogP contribution in [0.4, 0.5) is 24.7 Å². The van der Waals surface area contributed by atoms with Crippen molar-refractivity contribution in [3.8, 4) is 5.75 Å². The Balaban J connectivity index is 1.70. The molecule has 0 spiro atoms. The number of aromatic hydroxyl groups is 1. The summed E-state index contributed by atoms with van der Waals surface area (Å²) in [5.41, 5.74) is 0.587. The molecule has 0 saturated heterocycles. The van der Waals surface area contributed by atoms with E-state index in [1.54, 1.807) is 24.3 Å². The number of amides is 1. The second kappa shape index (κ2) is 8.08. The van der Waals surface area contributed by atoms with Crippen LogP contribution >= 0.6 is 27.5 Å². The molecule has 2 heterocycles. The van der Waals surface area contributed by atoms with Gasteiger partial charge >= 0.3 is 6.18 Å². The number of phenols is 1. The van der Waals surface area contributed by atoms with Crippen LogP contribution < -0.4 is 10.6 Å². The number of aromatic nitrogens is 2. The van der Waals surface area contributed by atoms with Gasteiger partial charge in [-0.25, -0.2) is 4.68 Å². The zero-order valence-electron chi connectivity index (χ0n) is 15.6. The topological polar surface area (TPSA) is 79.2 Å². The van der Waals surface area contributed by atoms with Crippen molar-refractivity contribution in [1.82, 2.24) is 9.78 Å². The molecule has 1 amide bonds. The van der Waals surface area contributed by atoms with Crippen LogP contribution in [0.2, 0.25) is 5.02 Å². The number of phenolic OH excluding ortho intramolecular Hbond substituents is 1. The van der Waals surface area contributed by atoms with E-state index in [0.717, 1.165) is 15.4 Å². The predicted molar refractivity (Wildman–Crippen MR) is 114 cm³/mol. The lowest BCUT2D eigenvalue weighted by atomic mass is 9.96. The maximum Gasteiger partial charge on any atom is 0.410 e. The average Bonchev–Trinajstić information content (AvgIpc) is 3.14. The van der Waals surface area contributed by atoms with Crippen molar-refractivity contribution < 1.29 is 23.1 Å². The number of carbonyl (C=O) groups is 1. The smallest absolute Gasteiger partial charge is 0.410 e. The standard InChI is InChI=1S/C20H15BrClF3N4O2/c21-11-3-1-10(2-4-11)14-8-17(20(23,24)25)29-18(27-14)13(9-26-29)19(31)28-15-7-12(22)5-6-16(15)30/h1-7,9,14,17,27,30H,8H2,(H,28,31). The Kier molecular flexibility index (Phi) is 5.61. The third-order valence-corrected chi connectivity index (χ3v) is 5.73. The summed E-state index contributed by atoms with van der Waals surface area (Å²) in [6, 6.07) is 8.38. The Morgan fingerprint density at radius 2 is 1.97 bits per heavy atom. The fourth-order valence-electron chi connectivity index (χ4n) is 3.44. The molecule has 0 bridgehead atoms. The highest BCUT2D eigenvalue weighted by Crippen LogP contribution is 2.44. The fourth-order valence-corrected chi connectivity index (χ4v) is 3.88. The maximum atomic E-state index is 13.8. The quantitative estimate of drug-likeness (QED) is 0.379. The van der Waals surface area contributed by atoms with Crippen molar-refractivity contribution in [2.75, 3.05) is 10.6 Å². The molecule has 31 heavy (non-hydrogen) atoms. The first-order valence-electron chi connectivity index (χ1n) is 9.09. The van der Waals surface area contributed by atoms with Crippen LogP contribution in [-0.4, -0.2) is 27.0 Å². The zero-order chi connectivity index (χ0) is 22.3. The highest BCUT2D eigenvalue weighted by molar-refractivity contribution is 9.10. The van der Waals surface area contributed by atoms with E-state index < -0.39 is 24.2 Å². The number of anilines is 2. The lowest BCUT2D eigenvalue weighted by Crippen LogP contribution is -2.36. The van der Waals surface area contributed by atoms with Gasteiger partial charge in [-0.2, -0.15) is 18.3 Å². The van der Waals surface area contributed by atoms with Crippen molar-refractivity contribution in [1.29, 1.82) is 0 Å². The number of nitrogens with zero attached hydrogens (tertiary/aromatic N) is 2. The van der Waals surface area contributed by atoms with E-state index in [-0.39, 0.29) is 34.3 Å². The number of alkyl halides is 3. The van der Waals surface area contributed by atoms with E-state index in [4.69, 9.17) is 11.6 Å². The summed E-state index contributed by atoms with van der Waals surface area (Å²) in [4.78, 5) is 12.8. The Labute approximate surface area is 188 Å². The molecule has 2 unspecified atom stereocenters. The summed E-state index contributed by atoms with van der Waals surface area (Å²) in [6.07, 6.45) is -3.77. The first kappa shape index (κ1) is 21.5. The van der Waals surface area contributed by atoms with Crippen molar-refractivity contribution in [3.63, 3.8) is 0 Å². The Morgan fingerprint density at radius 3 is 2.65 bits per heavy atom. The molecule has 0 saturated carbocycles. The van der Waals surface area contributed by atoms with Gasteiger partial charge in [-0.05, 0) is 35.9 Å². The van der Waals surface area contributed by atoms with Gasteiger partial charge in [0.2, 0.25) is 0 Å². The van der Waals surface area contributed by atoms with Crippen molar-refractivity contribution in [3.05, 3.63) is 69.3 Å². The van der Waals surface area contributed by atoms with Gasteiger partial charge in [0.1, 0.15) is 17.1 Å². The third kappa shape index (κ3) is 4.35. The van der Waals surface area contributed by atoms with E-state index in [2.05, 4.69) is 31.7 Å². The lowest BCUT2D eigenvalue weighted by Gasteiger charge is -2.34. The molecule has 3 N–H and O–H groups in total. The average molecular weight is 516 g/mol. The molecule has 2 atom stereocenters. The van der Waals surface area contributed by atoms with Crippen LogP contribution in [0.1, 0.15) is 34.4 Å². The number of carbonyl (C=O) groups excluding carboxylic acids is 1. The van der Waals surface area contributed by atoms with Crippen molar-refractivity contribution in [2.24, 2.45) is 0 Å². The predicted octanol–water partition coefficient (Wildman–Crippen LogP) is 5.92. The highest BCUT2D eigenvalue weighted by Gasteiger charge is 2.47. The van der Waals surface area contributed by atoms with Crippen LogP contribution in [0.25, 0.3) is 0 Å². The monoisotopic (exact) mass is 514 g/mol. The molecule has 0 fully saturated rings. The van der Waals surface area contributed by atoms with Crippen molar-refractivity contribution >= 4 is 44.9 Å². The number of halogens is 5. The van der Waals surface area contributed by atoms with E-state index in [9.17, 15) is 23.1 Å². The minimum absolute atomic E-state index is 0.0325. The minimum atomic E-state index is -4.56. The second-order valence-electron chi connectivity index (χ2n) is 7.01. The first-order chi connectivity index (χ1) is 14.6. The highest BCUT2D eigenvalue weighted by atomic mass is 79.9. The van der Waals surface area contributed by atoms with Gasteiger partial charge in [-0.1, -0.05) is 39.7 Å². The number of fused-ring (bicyclic) bond motifs is 1. The molecule has 2 aromatic carbocycles. The van der Waals surface area contributed by atoms with Crippen LogP contribution in [0, 0.1) is 0 Å². The molecule has 1 aliphatic rings. The van der Waals surface area contributed by atoms with Gasteiger partial charge in [-0.3, -0.25) is 4.79 Å². The molecule has 4 rings (SSSR count). The van der Waals surface area contributed by atoms with Crippen LogP contribution in [-0.2, 0) is 0 Å². The van der Waals surface area contributed by atoms with E-state index in [0.29, 0.717) is 5.56 Å². The molecular weight excluding hydrogens is 501 g/mol. The van der Waals surface area contributed by atoms with Crippen LogP contribution in [0.5, 0.6) is 5.75 Å². The summed E-state index contributed by atoms with van der Waals surface area (Å²) < 4.78 is 42.9. The zero-order valence-corrected chi connectivity index (χ0v) is 18.0. The van der Waals surface area contributed by atoms with Crippen LogP contribution in [0.3, 0.4) is 0 Å². The van der Waals surface area contributed by atoms with E-state index in [1.165, 1.54) is 18.2 Å². The summed E-state index contributed by atoms with van der Waals surface area (Å²) in [5, 5.41) is 19.5. The summed E-state index contributed by atoms with van der Waals surface area (Å²) in [6.45, 7) is 0. The fraction of sp³-hybridized carbons (Fsp3) is 0.200. The van der Waals surface area contributed by atoms with E-state index in [1.807, 2.05) is 0 Å². The largest absolute Gasteiger partial charge is 0.506 e. The Morgan fingerprint density at radius 1 is 1.26 bits per heavy atom. The van der Waals surface area contributed by atoms with Crippen molar-refractivity contribution in [2.45, 2.75) is 24.7 Å². The molecule has 11 heteroatoms. The lowest BCUT2D eigenvalue weighted by molar-refractivity contribution is -0.173. The molecule has 3 aromatic rings. The molecule has 1 aromatic heterocycles. The normalized spacial score (nSPS) is 18.2. The minimum Gasteiger partial charge on any atom is -0.506 e. The molecule has 0 radical (unpaired) electrons. The Hall–Kier alpha value is -2.72. The second-order valence-corrected chi connectivity index (χ2v) is 8.36. The summed E-state index contributed by atoms with van der Waals surface area (Å²) >= 11 is 9.20. The molecule has 162 valence electrons. The molecular formula is C20H15BrClF3N4O2. The number of benzene rings is 2. The Bertz CT molecular complexity index is 1130. The van der Waals surface area contributed by atoms with Crippen LogP contribution in [0.15, 0.2) is 53.1 Å². The SMILES string of the molecule is O=C(Nc1cc(Cl)ccc1O)c1cnn2c1NC(c1ccc(Br)cc1)CC2C(F)(F)F. The number of nitrogens with one attached hydrogen (secondary N) is 2. The molecule has 1 aliphatic heterocycles. The summed E-state index contributed by atoms with van der Waals surface area (Å²) in [5.74, 6) is -1.02.